The standard InChI is InChI=1S/C21H23F3N2O2/c22-21(23,24)18-8-5-9-19(12-18)28-15-20(27)25-13-16-6-1-2-7-17(16)14-26-10-3-4-11-26/h1-2,5-9,12H,3-4,10-11,13-15H2,(H,25,27). The molecule has 28 heavy (non-hydrogen) atoms. The summed E-state index contributed by atoms with van der Waals surface area (Å²) in [5.74, 6) is -0.368. The molecule has 0 saturated carbocycles. The second kappa shape index (κ2) is 9.10. The predicted octanol–water partition coefficient (Wildman–Crippen LogP) is 4.00. The number of halogens is 3. The number of benzene rings is 2. The van der Waals surface area contributed by atoms with E-state index in [9.17, 15) is 18.0 Å². The molecule has 1 aliphatic heterocycles. The molecule has 1 N–H and O–H groups in total. The summed E-state index contributed by atoms with van der Waals surface area (Å²) in [5, 5.41) is 2.77. The van der Waals surface area contributed by atoms with Crippen molar-refractivity contribution in [2.45, 2.75) is 32.1 Å². The Morgan fingerprint density at radius 2 is 1.75 bits per heavy atom. The molecule has 1 amide bonds. The van der Waals surface area contributed by atoms with E-state index in [1.165, 1.54) is 30.5 Å². The van der Waals surface area contributed by atoms with Crippen LogP contribution in [0.4, 0.5) is 13.2 Å². The summed E-state index contributed by atoms with van der Waals surface area (Å²) in [6.07, 6.45) is -2.02. The molecule has 1 fully saturated rings. The normalized spacial score (nSPS) is 14.8. The highest BCUT2D eigenvalue weighted by Gasteiger charge is 2.30. The molecule has 1 aliphatic rings. The Labute approximate surface area is 162 Å². The lowest BCUT2D eigenvalue weighted by atomic mass is 10.1. The van der Waals surface area contributed by atoms with Gasteiger partial charge in [-0.1, -0.05) is 30.3 Å². The average Bonchev–Trinajstić information content (AvgIpc) is 3.18. The van der Waals surface area contributed by atoms with E-state index in [4.69, 9.17) is 4.74 Å². The van der Waals surface area contributed by atoms with Gasteiger partial charge >= 0.3 is 6.18 Å². The van der Waals surface area contributed by atoms with E-state index < -0.39 is 11.7 Å². The maximum absolute atomic E-state index is 12.7. The molecule has 2 aromatic carbocycles. The number of hydrogen-bond donors (Lipinski definition) is 1. The number of carbonyl (C=O) groups excluding carboxylic acids is 1. The number of amides is 1. The molecule has 0 aliphatic carbocycles. The molecule has 3 rings (SSSR count). The summed E-state index contributed by atoms with van der Waals surface area (Å²) in [5.41, 5.74) is 1.39. The van der Waals surface area contributed by atoms with Gasteiger partial charge in [0.1, 0.15) is 5.75 Å². The minimum atomic E-state index is -4.44. The van der Waals surface area contributed by atoms with E-state index in [0.717, 1.165) is 37.3 Å². The van der Waals surface area contributed by atoms with Crippen molar-refractivity contribution >= 4 is 5.91 Å². The van der Waals surface area contributed by atoms with Crippen molar-refractivity contribution in [1.29, 1.82) is 0 Å². The Morgan fingerprint density at radius 3 is 2.46 bits per heavy atom. The zero-order chi connectivity index (χ0) is 20.0. The Balaban J connectivity index is 1.51. The van der Waals surface area contributed by atoms with Crippen LogP contribution in [0.1, 0.15) is 29.5 Å². The Kier molecular flexibility index (Phi) is 6.57. The summed E-state index contributed by atoms with van der Waals surface area (Å²) >= 11 is 0. The molecule has 1 saturated heterocycles. The van der Waals surface area contributed by atoms with Crippen molar-refractivity contribution in [2.75, 3.05) is 19.7 Å². The highest BCUT2D eigenvalue weighted by molar-refractivity contribution is 5.77. The molecule has 0 radical (unpaired) electrons. The van der Waals surface area contributed by atoms with Gasteiger partial charge in [-0.25, -0.2) is 0 Å². The van der Waals surface area contributed by atoms with Gasteiger partial charge in [0.15, 0.2) is 6.61 Å². The van der Waals surface area contributed by atoms with Crippen molar-refractivity contribution in [1.82, 2.24) is 10.2 Å². The van der Waals surface area contributed by atoms with E-state index in [2.05, 4.69) is 16.3 Å². The number of ether oxygens (including phenoxy) is 1. The van der Waals surface area contributed by atoms with Gasteiger partial charge in [-0.2, -0.15) is 13.2 Å². The Morgan fingerprint density at radius 1 is 1.04 bits per heavy atom. The van der Waals surface area contributed by atoms with Crippen LogP contribution in [-0.4, -0.2) is 30.5 Å². The van der Waals surface area contributed by atoms with Gasteiger partial charge in [0, 0.05) is 13.1 Å². The zero-order valence-corrected chi connectivity index (χ0v) is 15.5. The van der Waals surface area contributed by atoms with Crippen molar-refractivity contribution in [3.63, 3.8) is 0 Å². The highest BCUT2D eigenvalue weighted by Crippen LogP contribution is 2.31. The first-order chi connectivity index (χ1) is 13.4. The van der Waals surface area contributed by atoms with Gasteiger partial charge < -0.3 is 10.1 Å². The van der Waals surface area contributed by atoms with Gasteiger partial charge in [-0.3, -0.25) is 9.69 Å². The van der Waals surface area contributed by atoms with E-state index in [1.807, 2.05) is 18.2 Å². The molecule has 4 nitrogen and oxygen atoms in total. The number of rotatable bonds is 7. The predicted molar refractivity (Wildman–Crippen MR) is 99.7 cm³/mol. The van der Waals surface area contributed by atoms with E-state index >= 15 is 0 Å². The monoisotopic (exact) mass is 392 g/mol. The first-order valence-corrected chi connectivity index (χ1v) is 9.28. The fourth-order valence-electron chi connectivity index (χ4n) is 3.22. The van der Waals surface area contributed by atoms with Crippen LogP contribution in [0.15, 0.2) is 48.5 Å². The SMILES string of the molecule is O=C(COc1cccc(C(F)(F)F)c1)NCc1ccccc1CN1CCCC1. The van der Waals surface area contributed by atoms with Crippen molar-refractivity contribution in [3.05, 3.63) is 65.2 Å². The number of nitrogens with one attached hydrogen (secondary N) is 1. The third-order valence-electron chi connectivity index (χ3n) is 4.72. The molecule has 0 unspecified atom stereocenters. The van der Waals surface area contributed by atoms with E-state index in [-0.39, 0.29) is 18.3 Å². The van der Waals surface area contributed by atoms with Crippen LogP contribution in [0.25, 0.3) is 0 Å². The third kappa shape index (κ3) is 5.73. The van der Waals surface area contributed by atoms with E-state index in [0.29, 0.717) is 6.54 Å². The lowest BCUT2D eigenvalue weighted by Gasteiger charge is -2.17. The average molecular weight is 392 g/mol. The van der Waals surface area contributed by atoms with Crippen LogP contribution in [0.3, 0.4) is 0 Å². The van der Waals surface area contributed by atoms with Gasteiger partial charge in [0.25, 0.3) is 5.91 Å². The van der Waals surface area contributed by atoms with Crippen molar-refractivity contribution < 1.29 is 22.7 Å². The second-order valence-electron chi connectivity index (χ2n) is 6.84. The molecule has 0 bridgehead atoms. The van der Waals surface area contributed by atoms with Gasteiger partial charge in [0.05, 0.1) is 5.56 Å². The number of hydrogen-bond acceptors (Lipinski definition) is 3. The van der Waals surface area contributed by atoms with Crippen LogP contribution in [-0.2, 0) is 24.1 Å². The topological polar surface area (TPSA) is 41.6 Å². The minimum Gasteiger partial charge on any atom is -0.484 e. The molecular weight excluding hydrogens is 369 g/mol. The maximum atomic E-state index is 12.7. The fourth-order valence-corrected chi connectivity index (χ4v) is 3.22. The zero-order valence-electron chi connectivity index (χ0n) is 15.5. The summed E-state index contributed by atoms with van der Waals surface area (Å²) in [6.45, 7) is 3.05. The van der Waals surface area contributed by atoms with Crippen LogP contribution >= 0.6 is 0 Å². The number of nitrogens with zero attached hydrogens (tertiary/aromatic N) is 1. The lowest BCUT2D eigenvalue weighted by Crippen LogP contribution is -2.29. The summed E-state index contributed by atoms with van der Waals surface area (Å²) in [4.78, 5) is 14.4. The molecular formula is C21H23F3N2O2. The molecule has 0 spiro atoms. The molecule has 0 atom stereocenters. The molecule has 7 heteroatoms. The quantitative estimate of drug-likeness (QED) is 0.775. The smallest absolute Gasteiger partial charge is 0.416 e. The first kappa shape index (κ1) is 20.2. The van der Waals surface area contributed by atoms with Crippen molar-refractivity contribution in [3.8, 4) is 5.75 Å². The van der Waals surface area contributed by atoms with Crippen LogP contribution in [0.5, 0.6) is 5.75 Å². The number of alkyl halides is 3. The van der Waals surface area contributed by atoms with Crippen LogP contribution < -0.4 is 10.1 Å². The third-order valence-corrected chi connectivity index (χ3v) is 4.72. The number of likely N-dealkylation sites (tertiary alicyclic amines) is 1. The second-order valence-corrected chi connectivity index (χ2v) is 6.84. The maximum Gasteiger partial charge on any atom is 0.416 e. The summed E-state index contributed by atoms with van der Waals surface area (Å²) in [6, 6.07) is 12.4. The molecule has 2 aromatic rings. The summed E-state index contributed by atoms with van der Waals surface area (Å²) in [7, 11) is 0. The van der Waals surface area contributed by atoms with Gasteiger partial charge in [0.2, 0.25) is 0 Å². The molecule has 0 aromatic heterocycles. The van der Waals surface area contributed by atoms with Crippen molar-refractivity contribution in [2.24, 2.45) is 0 Å². The Hall–Kier alpha value is -2.54. The van der Waals surface area contributed by atoms with Crippen LogP contribution in [0, 0.1) is 0 Å². The van der Waals surface area contributed by atoms with Gasteiger partial charge in [-0.05, 0) is 55.3 Å². The Bertz CT molecular complexity index is 802. The largest absolute Gasteiger partial charge is 0.484 e. The highest BCUT2D eigenvalue weighted by atomic mass is 19.4. The van der Waals surface area contributed by atoms with E-state index in [1.54, 1.807) is 0 Å². The van der Waals surface area contributed by atoms with Crippen LogP contribution in [0.2, 0.25) is 0 Å². The first-order valence-electron chi connectivity index (χ1n) is 9.28. The molecule has 1 heterocycles. The molecule has 150 valence electrons. The summed E-state index contributed by atoms with van der Waals surface area (Å²) < 4.78 is 43.4. The number of carbonyl (C=O) groups is 1. The fraction of sp³-hybridized carbons (Fsp3) is 0.381. The minimum absolute atomic E-state index is 0.0133. The lowest BCUT2D eigenvalue weighted by molar-refractivity contribution is -0.137. The van der Waals surface area contributed by atoms with Gasteiger partial charge in [-0.15, -0.1) is 0 Å².